The molecule has 0 fully saturated rings. The van der Waals surface area contributed by atoms with Crippen molar-refractivity contribution in [2.24, 2.45) is 11.7 Å². The van der Waals surface area contributed by atoms with Crippen LogP contribution in [-0.2, 0) is 12.8 Å². The molecule has 2 aromatic rings. The van der Waals surface area contributed by atoms with E-state index in [-0.39, 0.29) is 5.82 Å². The lowest BCUT2D eigenvalue weighted by Gasteiger charge is -2.17. The second kappa shape index (κ2) is 7.06. The van der Waals surface area contributed by atoms with Crippen LogP contribution in [0.5, 0.6) is 5.75 Å². The van der Waals surface area contributed by atoms with Crippen LogP contribution in [0.3, 0.4) is 0 Å². The smallest absolute Gasteiger partial charge is 0.123 e. The van der Waals surface area contributed by atoms with Crippen molar-refractivity contribution in [3.05, 3.63) is 65.5 Å². The van der Waals surface area contributed by atoms with Crippen LogP contribution in [0, 0.1) is 11.7 Å². The minimum atomic E-state index is -0.206. The summed E-state index contributed by atoms with van der Waals surface area (Å²) in [5.41, 5.74) is 8.14. The molecule has 0 aromatic heterocycles. The highest BCUT2D eigenvalue weighted by Crippen LogP contribution is 2.22. The van der Waals surface area contributed by atoms with Crippen molar-refractivity contribution in [3.63, 3.8) is 0 Å². The first-order valence-corrected chi connectivity index (χ1v) is 6.79. The second-order valence-electron chi connectivity index (χ2n) is 4.95. The SMILES string of the molecule is COc1ccccc1CC(CN)Cc1ccc(F)cc1. The molecule has 0 aliphatic carbocycles. The average Bonchev–Trinajstić information content (AvgIpc) is 2.49. The molecule has 2 aromatic carbocycles. The summed E-state index contributed by atoms with van der Waals surface area (Å²) in [7, 11) is 1.68. The van der Waals surface area contributed by atoms with Gasteiger partial charge >= 0.3 is 0 Å². The first-order valence-electron chi connectivity index (χ1n) is 6.79. The van der Waals surface area contributed by atoms with Crippen LogP contribution in [-0.4, -0.2) is 13.7 Å². The molecule has 0 amide bonds. The zero-order valence-electron chi connectivity index (χ0n) is 11.7. The van der Waals surface area contributed by atoms with Gasteiger partial charge in [-0.05, 0) is 54.6 Å². The van der Waals surface area contributed by atoms with Crippen LogP contribution < -0.4 is 10.5 Å². The highest BCUT2D eigenvalue weighted by Gasteiger charge is 2.12. The normalized spacial score (nSPS) is 12.2. The van der Waals surface area contributed by atoms with Crippen molar-refractivity contribution < 1.29 is 9.13 Å². The Morgan fingerprint density at radius 1 is 1.05 bits per heavy atom. The minimum Gasteiger partial charge on any atom is -0.496 e. The van der Waals surface area contributed by atoms with E-state index in [1.165, 1.54) is 12.1 Å². The van der Waals surface area contributed by atoms with E-state index < -0.39 is 0 Å². The molecule has 2 nitrogen and oxygen atoms in total. The van der Waals surface area contributed by atoms with E-state index >= 15 is 0 Å². The van der Waals surface area contributed by atoms with Gasteiger partial charge in [-0.2, -0.15) is 0 Å². The van der Waals surface area contributed by atoms with Crippen molar-refractivity contribution in [3.8, 4) is 5.75 Å². The number of methoxy groups -OCH3 is 1. The maximum absolute atomic E-state index is 12.9. The molecule has 2 rings (SSSR count). The zero-order valence-corrected chi connectivity index (χ0v) is 11.7. The highest BCUT2D eigenvalue weighted by molar-refractivity contribution is 5.33. The molecular formula is C17H20FNO. The summed E-state index contributed by atoms with van der Waals surface area (Å²) >= 11 is 0. The topological polar surface area (TPSA) is 35.2 Å². The number of benzene rings is 2. The quantitative estimate of drug-likeness (QED) is 0.877. The van der Waals surface area contributed by atoms with Gasteiger partial charge in [0.15, 0.2) is 0 Å². The number of nitrogens with two attached hydrogens (primary N) is 1. The zero-order chi connectivity index (χ0) is 14.4. The van der Waals surface area contributed by atoms with E-state index in [0.717, 1.165) is 29.7 Å². The summed E-state index contributed by atoms with van der Waals surface area (Å²) in [5, 5.41) is 0. The average molecular weight is 273 g/mol. The van der Waals surface area contributed by atoms with Crippen LogP contribution >= 0.6 is 0 Å². The summed E-state index contributed by atoms with van der Waals surface area (Å²) in [6.07, 6.45) is 1.70. The van der Waals surface area contributed by atoms with Crippen LogP contribution in [0.15, 0.2) is 48.5 Å². The second-order valence-corrected chi connectivity index (χ2v) is 4.95. The third kappa shape index (κ3) is 3.81. The summed E-state index contributed by atoms with van der Waals surface area (Å²) in [5.74, 6) is 1.00. The van der Waals surface area contributed by atoms with Crippen molar-refractivity contribution in [1.29, 1.82) is 0 Å². The molecule has 106 valence electrons. The summed E-state index contributed by atoms with van der Waals surface area (Å²) in [6.45, 7) is 0.593. The fourth-order valence-corrected chi connectivity index (χ4v) is 2.38. The number of rotatable bonds is 6. The number of ether oxygens (including phenoxy) is 1. The van der Waals surface area contributed by atoms with Gasteiger partial charge < -0.3 is 10.5 Å². The molecule has 0 saturated carbocycles. The van der Waals surface area contributed by atoms with Crippen LogP contribution in [0.1, 0.15) is 11.1 Å². The molecule has 3 heteroatoms. The maximum atomic E-state index is 12.9. The molecule has 2 N–H and O–H groups in total. The van der Waals surface area contributed by atoms with Crippen LogP contribution in [0.4, 0.5) is 4.39 Å². The fraction of sp³-hybridized carbons (Fsp3) is 0.294. The van der Waals surface area contributed by atoms with E-state index in [1.54, 1.807) is 7.11 Å². The highest BCUT2D eigenvalue weighted by atomic mass is 19.1. The lowest BCUT2D eigenvalue weighted by molar-refractivity contribution is 0.404. The van der Waals surface area contributed by atoms with Crippen LogP contribution in [0.2, 0.25) is 0 Å². The third-order valence-electron chi connectivity index (χ3n) is 3.47. The molecule has 0 bridgehead atoms. The number of hydrogen-bond acceptors (Lipinski definition) is 2. The molecular weight excluding hydrogens is 253 g/mol. The van der Waals surface area contributed by atoms with Gasteiger partial charge in [0.05, 0.1) is 7.11 Å². The van der Waals surface area contributed by atoms with Gasteiger partial charge in [0.1, 0.15) is 11.6 Å². The monoisotopic (exact) mass is 273 g/mol. The van der Waals surface area contributed by atoms with Gasteiger partial charge in [-0.3, -0.25) is 0 Å². The molecule has 20 heavy (non-hydrogen) atoms. The number of para-hydroxylation sites is 1. The standard InChI is InChI=1S/C17H20FNO/c1-20-17-5-3-2-4-15(17)11-14(12-19)10-13-6-8-16(18)9-7-13/h2-9,14H,10-12,19H2,1H3. The molecule has 1 unspecified atom stereocenters. The van der Waals surface area contributed by atoms with E-state index in [4.69, 9.17) is 10.5 Å². The Balaban J connectivity index is 2.07. The van der Waals surface area contributed by atoms with Crippen molar-refractivity contribution >= 4 is 0 Å². The predicted molar refractivity (Wildman–Crippen MR) is 79.3 cm³/mol. The Kier molecular flexibility index (Phi) is 5.13. The minimum absolute atomic E-state index is 0.206. The van der Waals surface area contributed by atoms with Gasteiger partial charge in [0.2, 0.25) is 0 Å². The van der Waals surface area contributed by atoms with E-state index in [9.17, 15) is 4.39 Å². The largest absolute Gasteiger partial charge is 0.496 e. The molecule has 0 aliphatic heterocycles. The fourth-order valence-electron chi connectivity index (χ4n) is 2.38. The van der Waals surface area contributed by atoms with Gasteiger partial charge in [0.25, 0.3) is 0 Å². The van der Waals surface area contributed by atoms with Crippen LogP contribution in [0.25, 0.3) is 0 Å². The lowest BCUT2D eigenvalue weighted by Crippen LogP contribution is -2.19. The van der Waals surface area contributed by atoms with E-state index in [1.807, 2.05) is 30.3 Å². The molecule has 0 aliphatic rings. The van der Waals surface area contributed by atoms with Gasteiger partial charge in [-0.25, -0.2) is 4.39 Å². The van der Waals surface area contributed by atoms with Gasteiger partial charge in [-0.15, -0.1) is 0 Å². The van der Waals surface area contributed by atoms with E-state index in [2.05, 4.69) is 6.07 Å². The summed E-state index contributed by atoms with van der Waals surface area (Å²) in [4.78, 5) is 0. The van der Waals surface area contributed by atoms with Crippen molar-refractivity contribution in [2.75, 3.05) is 13.7 Å². The van der Waals surface area contributed by atoms with Gasteiger partial charge in [0, 0.05) is 0 Å². The van der Waals surface area contributed by atoms with Gasteiger partial charge in [-0.1, -0.05) is 30.3 Å². The summed E-state index contributed by atoms with van der Waals surface area (Å²) in [6, 6.07) is 14.6. The number of hydrogen-bond donors (Lipinski definition) is 1. The molecule has 0 heterocycles. The Bertz CT molecular complexity index is 539. The molecule has 0 spiro atoms. The lowest BCUT2D eigenvalue weighted by atomic mass is 9.92. The molecule has 0 saturated heterocycles. The first kappa shape index (κ1) is 14.5. The Labute approximate surface area is 119 Å². The van der Waals surface area contributed by atoms with Crippen molar-refractivity contribution in [2.45, 2.75) is 12.8 Å². The Morgan fingerprint density at radius 3 is 2.40 bits per heavy atom. The van der Waals surface area contributed by atoms with Crippen molar-refractivity contribution in [1.82, 2.24) is 0 Å². The molecule has 1 atom stereocenters. The summed E-state index contributed by atoms with van der Waals surface area (Å²) < 4.78 is 18.3. The first-order chi connectivity index (χ1) is 9.72. The molecule has 0 radical (unpaired) electrons. The number of halogens is 1. The Hall–Kier alpha value is -1.87. The maximum Gasteiger partial charge on any atom is 0.123 e. The predicted octanol–water partition coefficient (Wildman–Crippen LogP) is 3.19. The van der Waals surface area contributed by atoms with E-state index in [0.29, 0.717) is 12.5 Å². The Morgan fingerprint density at radius 2 is 1.75 bits per heavy atom. The third-order valence-corrected chi connectivity index (χ3v) is 3.47.